The number of cyclic esters (lactones) is 1. The zero-order valence-corrected chi connectivity index (χ0v) is 14.0. The van der Waals surface area contributed by atoms with Crippen LogP contribution in [0.25, 0.3) is 5.76 Å². The van der Waals surface area contributed by atoms with Crippen molar-refractivity contribution in [3.05, 3.63) is 64.3 Å². The van der Waals surface area contributed by atoms with Gasteiger partial charge in [-0.2, -0.15) is 0 Å². The maximum absolute atomic E-state index is 12.5. The zero-order chi connectivity index (χ0) is 18.6. The van der Waals surface area contributed by atoms with Crippen molar-refractivity contribution in [2.75, 3.05) is 13.8 Å². The highest BCUT2D eigenvalue weighted by Crippen LogP contribution is 2.36. The molecular formula is C19H19FO5. The Kier molecular flexibility index (Phi) is 5.88. The van der Waals surface area contributed by atoms with Crippen molar-refractivity contribution in [3.63, 3.8) is 0 Å². The largest absolute Gasteiger partial charge is 0.507 e. The number of allylic oxidation sites excluding steroid dienone is 1. The molecule has 1 aliphatic heterocycles. The maximum atomic E-state index is 12.5. The fourth-order valence-electron chi connectivity index (χ4n) is 2.98. The van der Waals surface area contributed by atoms with Crippen LogP contribution < -0.4 is 0 Å². The van der Waals surface area contributed by atoms with Crippen molar-refractivity contribution in [1.82, 2.24) is 0 Å². The summed E-state index contributed by atoms with van der Waals surface area (Å²) in [5.41, 5.74) is 1.89. The van der Waals surface area contributed by atoms with E-state index in [0.29, 0.717) is 18.3 Å². The van der Waals surface area contributed by atoms with E-state index in [1.165, 1.54) is 0 Å². The van der Waals surface area contributed by atoms with E-state index in [0.717, 1.165) is 5.56 Å². The minimum absolute atomic E-state index is 0.0635. The first-order chi connectivity index (χ1) is 12.1. The maximum Gasteiger partial charge on any atom is 0.337 e. The molecule has 0 bridgehead atoms. The van der Waals surface area contributed by atoms with Crippen LogP contribution in [0.2, 0.25) is 0 Å². The second kappa shape index (κ2) is 7.90. The molecule has 1 aromatic carbocycles. The highest BCUT2D eigenvalue weighted by Gasteiger charge is 2.40. The highest BCUT2D eigenvalue weighted by molar-refractivity contribution is 6.08. The Hall–Kier alpha value is -2.73. The third-order valence-corrected chi connectivity index (χ3v) is 4.05. The Balaban J connectivity index is 0.00000109. The number of benzene rings is 1. The van der Waals surface area contributed by atoms with Crippen molar-refractivity contribution >= 4 is 17.5 Å². The molecule has 0 saturated heterocycles. The Morgan fingerprint density at radius 2 is 1.96 bits per heavy atom. The summed E-state index contributed by atoms with van der Waals surface area (Å²) in [7, 11) is 0.500. The van der Waals surface area contributed by atoms with Crippen molar-refractivity contribution in [3.8, 4) is 0 Å². The van der Waals surface area contributed by atoms with Gasteiger partial charge in [-0.1, -0.05) is 36.4 Å². The Morgan fingerprint density at radius 3 is 2.60 bits per heavy atom. The average molecular weight is 346 g/mol. The number of aliphatic hydroxyl groups is 2. The van der Waals surface area contributed by atoms with Gasteiger partial charge in [0.05, 0.1) is 24.9 Å². The number of carbonyl (C=O) groups is 2. The van der Waals surface area contributed by atoms with Gasteiger partial charge in [0.25, 0.3) is 0 Å². The normalized spacial score (nSPS) is 19.8. The topological polar surface area (TPSA) is 83.8 Å². The molecule has 0 aromatic heterocycles. The van der Waals surface area contributed by atoms with Crippen molar-refractivity contribution in [2.45, 2.75) is 19.4 Å². The van der Waals surface area contributed by atoms with E-state index in [1.807, 2.05) is 0 Å². The Labute approximate surface area is 144 Å². The van der Waals surface area contributed by atoms with Gasteiger partial charge in [-0.15, -0.1) is 0 Å². The van der Waals surface area contributed by atoms with E-state index in [1.54, 1.807) is 43.3 Å². The van der Waals surface area contributed by atoms with E-state index in [4.69, 9.17) is 4.74 Å². The first-order valence-electron chi connectivity index (χ1n) is 7.68. The fourth-order valence-corrected chi connectivity index (χ4v) is 2.98. The van der Waals surface area contributed by atoms with Crippen molar-refractivity contribution in [1.29, 1.82) is 0 Å². The summed E-state index contributed by atoms with van der Waals surface area (Å²) >= 11 is 0. The lowest BCUT2D eigenvalue weighted by Gasteiger charge is -2.23. The van der Waals surface area contributed by atoms with E-state index in [-0.39, 0.29) is 29.1 Å². The lowest BCUT2D eigenvalue weighted by Crippen LogP contribution is -2.27. The Morgan fingerprint density at radius 1 is 1.28 bits per heavy atom. The van der Waals surface area contributed by atoms with Crippen LogP contribution in [0.4, 0.5) is 4.39 Å². The number of carbonyl (C=O) groups excluding carboxylic acids is 2. The number of aliphatic hydroxyl groups excluding tert-OH is 2. The first kappa shape index (κ1) is 18.6. The third-order valence-electron chi connectivity index (χ3n) is 4.05. The first-order valence-corrected chi connectivity index (χ1v) is 7.68. The van der Waals surface area contributed by atoms with Crippen LogP contribution in [0.3, 0.4) is 0 Å². The second-order valence-electron chi connectivity index (χ2n) is 5.40. The molecule has 0 saturated carbocycles. The van der Waals surface area contributed by atoms with Gasteiger partial charge in [0.2, 0.25) is 0 Å². The monoisotopic (exact) mass is 346 g/mol. The standard InChI is InChI=1S/C18H16O5.CH3F/c1-2-5-12-13(9-19)18(22)23-17(12)15-14(20)8-10-6-3-4-7-11(10)16(15)21;1-2/h2-7,17,19,21H,8-9H2,1H3;1H3/b5-2-;. The van der Waals surface area contributed by atoms with E-state index < -0.39 is 18.7 Å². The number of halogens is 1. The molecule has 1 atom stereocenters. The van der Waals surface area contributed by atoms with E-state index >= 15 is 0 Å². The average Bonchev–Trinajstić information content (AvgIpc) is 2.92. The summed E-state index contributed by atoms with van der Waals surface area (Å²) in [4.78, 5) is 24.4. The van der Waals surface area contributed by atoms with E-state index in [2.05, 4.69) is 0 Å². The van der Waals surface area contributed by atoms with Crippen LogP contribution in [0.5, 0.6) is 0 Å². The number of esters is 1. The second-order valence-corrected chi connectivity index (χ2v) is 5.40. The number of hydrogen-bond donors (Lipinski definition) is 2. The highest BCUT2D eigenvalue weighted by atomic mass is 19.1. The molecule has 1 aliphatic carbocycles. The van der Waals surface area contributed by atoms with Gasteiger partial charge in [-0.3, -0.25) is 9.18 Å². The van der Waals surface area contributed by atoms with Gasteiger partial charge in [-0.25, -0.2) is 4.79 Å². The summed E-state index contributed by atoms with van der Waals surface area (Å²) in [5, 5.41) is 19.9. The number of alkyl halides is 1. The summed E-state index contributed by atoms with van der Waals surface area (Å²) in [6.45, 7) is 1.28. The fraction of sp³-hybridized carbons (Fsp3) is 0.263. The van der Waals surface area contributed by atoms with Crippen LogP contribution in [-0.4, -0.2) is 41.9 Å². The molecule has 132 valence electrons. The molecule has 1 unspecified atom stereocenters. The predicted molar refractivity (Wildman–Crippen MR) is 90.5 cm³/mol. The molecule has 2 N–H and O–H groups in total. The lowest BCUT2D eigenvalue weighted by molar-refractivity contribution is -0.139. The SMILES string of the molecule is C/C=C\C1=C(CO)C(=O)OC1C1=C(O)c2ccccc2CC1=O.CF. The molecule has 5 nitrogen and oxygen atoms in total. The summed E-state index contributed by atoms with van der Waals surface area (Å²) in [6.07, 6.45) is 2.47. The third kappa shape index (κ3) is 3.25. The molecule has 3 rings (SSSR count). The van der Waals surface area contributed by atoms with Gasteiger partial charge >= 0.3 is 5.97 Å². The number of fused-ring (bicyclic) bond motifs is 1. The van der Waals surface area contributed by atoms with Gasteiger partial charge in [-0.05, 0) is 12.5 Å². The molecule has 25 heavy (non-hydrogen) atoms. The quantitative estimate of drug-likeness (QED) is 0.822. The van der Waals surface area contributed by atoms with Gasteiger partial charge in [0, 0.05) is 17.6 Å². The Bertz CT molecular complexity index is 789. The van der Waals surface area contributed by atoms with Crippen molar-refractivity contribution in [2.24, 2.45) is 0 Å². The zero-order valence-electron chi connectivity index (χ0n) is 14.0. The number of ketones is 1. The molecule has 0 fully saturated rings. The minimum atomic E-state index is -0.985. The lowest BCUT2D eigenvalue weighted by atomic mass is 9.84. The summed E-state index contributed by atoms with van der Waals surface area (Å²) < 4.78 is 14.8. The van der Waals surface area contributed by atoms with Crippen LogP contribution >= 0.6 is 0 Å². The van der Waals surface area contributed by atoms with Crippen LogP contribution in [0.15, 0.2) is 53.1 Å². The van der Waals surface area contributed by atoms with Gasteiger partial charge < -0.3 is 14.9 Å². The molecule has 0 amide bonds. The molecule has 1 aromatic rings. The van der Waals surface area contributed by atoms with Gasteiger partial charge in [0.1, 0.15) is 5.76 Å². The summed E-state index contributed by atoms with van der Waals surface area (Å²) in [6, 6.07) is 7.07. The molecule has 0 spiro atoms. The molecule has 2 aliphatic rings. The number of Topliss-reactive ketones (excluding diaryl/α,β-unsaturated/α-hetero) is 1. The smallest absolute Gasteiger partial charge is 0.337 e. The van der Waals surface area contributed by atoms with Gasteiger partial charge in [0.15, 0.2) is 11.9 Å². The predicted octanol–water partition coefficient (Wildman–Crippen LogP) is 2.46. The van der Waals surface area contributed by atoms with E-state index in [9.17, 15) is 24.2 Å². The minimum Gasteiger partial charge on any atom is -0.507 e. The number of ether oxygens (including phenoxy) is 1. The van der Waals surface area contributed by atoms with Crippen LogP contribution in [0.1, 0.15) is 18.1 Å². The van der Waals surface area contributed by atoms with Crippen molar-refractivity contribution < 1.29 is 28.9 Å². The number of hydrogen-bond acceptors (Lipinski definition) is 5. The molecular weight excluding hydrogens is 327 g/mol. The van der Waals surface area contributed by atoms with Crippen LogP contribution in [0, 0.1) is 0 Å². The summed E-state index contributed by atoms with van der Waals surface area (Å²) in [5.74, 6) is -1.13. The van der Waals surface area contributed by atoms with Crippen LogP contribution in [-0.2, 0) is 20.7 Å². The molecule has 1 heterocycles. The number of rotatable bonds is 3. The molecule has 6 heteroatoms. The molecule has 0 radical (unpaired) electrons.